The van der Waals surface area contributed by atoms with Gasteiger partial charge >= 0.3 is 0 Å². The lowest BCUT2D eigenvalue weighted by Gasteiger charge is -2.26. The molecule has 1 N–H and O–H groups in total. The van der Waals surface area contributed by atoms with Crippen LogP contribution in [0.3, 0.4) is 0 Å². The summed E-state index contributed by atoms with van der Waals surface area (Å²) in [5.74, 6) is 0.619. The molecule has 0 bridgehead atoms. The van der Waals surface area contributed by atoms with Gasteiger partial charge in [-0.2, -0.15) is 0 Å². The standard InChI is InChI=1S/C28H30N2O4/c1-2-33-26-19-22(15-16-25(26)34-20-27(31)30-17-9-4-10-18-30)28(32)29-24-14-8-7-13-23(24)21-11-5-3-6-12-21/h3,5-8,11-16,19H,2,4,9-10,17-18,20H2,1H3,(H,29,32). The maximum atomic E-state index is 13.1. The van der Waals surface area contributed by atoms with Crippen LogP contribution in [-0.4, -0.2) is 43.0 Å². The number of ether oxygens (including phenoxy) is 2. The van der Waals surface area contributed by atoms with Crippen LogP contribution >= 0.6 is 0 Å². The highest BCUT2D eigenvalue weighted by atomic mass is 16.5. The molecule has 3 aromatic carbocycles. The fraction of sp³-hybridized carbons (Fsp3) is 0.286. The number of nitrogens with one attached hydrogen (secondary N) is 1. The lowest BCUT2D eigenvalue weighted by Crippen LogP contribution is -2.38. The van der Waals surface area contributed by atoms with Gasteiger partial charge < -0.3 is 19.7 Å². The average Bonchev–Trinajstić information content (AvgIpc) is 2.89. The number of likely N-dealkylation sites (tertiary alicyclic amines) is 1. The maximum absolute atomic E-state index is 13.1. The van der Waals surface area contributed by atoms with Gasteiger partial charge in [-0.15, -0.1) is 0 Å². The predicted octanol–water partition coefficient (Wildman–Crippen LogP) is 5.40. The Bertz CT molecular complexity index is 1120. The van der Waals surface area contributed by atoms with Gasteiger partial charge in [0.1, 0.15) is 0 Å². The number of amides is 2. The Hall–Kier alpha value is -3.80. The van der Waals surface area contributed by atoms with Crippen molar-refractivity contribution in [3.8, 4) is 22.6 Å². The molecule has 3 aromatic rings. The van der Waals surface area contributed by atoms with E-state index in [1.165, 1.54) is 6.42 Å². The number of piperidine rings is 1. The molecule has 2 amide bonds. The molecule has 1 saturated heterocycles. The predicted molar refractivity (Wildman–Crippen MR) is 133 cm³/mol. The number of benzene rings is 3. The summed E-state index contributed by atoms with van der Waals surface area (Å²) in [6.45, 7) is 3.80. The van der Waals surface area contributed by atoms with Gasteiger partial charge in [-0.1, -0.05) is 48.5 Å². The topological polar surface area (TPSA) is 67.9 Å². The third-order valence-electron chi connectivity index (χ3n) is 5.83. The van der Waals surface area contributed by atoms with Crippen LogP contribution in [0.15, 0.2) is 72.8 Å². The van der Waals surface area contributed by atoms with Gasteiger partial charge in [-0.25, -0.2) is 0 Å². The highest BCUT2D eigenvalue weighted by Crippen LogP contribution is 2.31. The lowest BCUT2D eigenvalue weighted by atomic mass is 10.0. The van der Waals surface area contributed by atoms with Crippen molar-refractivity contribution in [2.75, 3.05) is 31.6 Å². The molecule has 34 heavy (non-hydrogen) atoms. The Morgan fingerprint density at radius 3 is 2.35 bits per heavy atom. The Kier molecular flexibility index (Phi) is 7.81. The molecule has 0 saturated carbocycles. The first-order chi connectivity index (χ1) is 16.7. The molecule has 4 rings (SSSR count). The summed E-state index contributed by atoms with van der Waals surface area (Å²) in [5.41, 5.74) is 3.14. The minimum Gasteiger partial charge on any atom is -0.490 e. The number of anilines is 1. The Morgan fingerprint density at radius 1 is 0.853 bits per heavy atom. The van der Waals surface area contributed by atoms with E-state index < -0.39 is 0 Å². The average molecular weight is 459 g/mol. The number of nitrogens with zero attached hydrogens (tertiary/aromatic N) is 1. The van der Waals surface area contributed by atoms with Crippen LogP contribution < -0.4 is 14.8 Å². The number of para-hydroxylation sites is 1. The molecule has 1 aliphatic rings. The van der Waals surface area contributed by atoms with E-state index >= 15 is 0 Å². The zero-order valence-corrected chi connectivity index (χ0v) is 19.5. The van der Waals surface area contributed by atoms with Gasteiger partial charge in [0.05, 0.1) is 6.61 Å². The van der Waals surface area contributed by atoms with E-state index in [0.29, 0.717) is 23.7 Å². The van der Waals surface area contributed by atoms with Crippen LogP contribution in [0.2, 0.25) is 0 Å². The molecule has 0 aromatic heterocycles. The highest BCUT2D eigenvalue weighted by molar-refractivity contribution is 6.06. The zero-order valence-electron chi connectivity index (χ0n) is 19.5. The Labute approximate surface area is 200 Å². The van der Waals surface area contributed by atoms with Crippen molar-refractivity contribution < 1.29 is 19.1 Å². The normalized spacial score (nSPS) is 13.3. The van der Waals surface area contributed by atoms with Gasteiger partial charge in [0.2, 0.25) is 0 Å². The van der Waals surface area contributed by atoms with E-state index in [-0.39, 0.29) is 18.4 Å². The van der Waals surface area contributed by atoms with Crippen LogP contribution in [0.25, 0.3) is 11.1 Å². The first kappa shape index (κ1) is 23.4. The minimum absolute atomic E-state index is 0.0264. The number of carbonyl (C=O) groups is 2. The lowest BCUT2D eigenvalue weighted by molar-refractivity contribution is -0.134. The Balaban J connectivity index is 1.48. The first-order valence-electron chi connectivity index (χ1n) is 11.8. The minimum atomic E-state index is -0.250. The number of hydrogen-bond donors (Lipinski definition) is 1. The van der Waals surface area contributed by atoms with Crippen molar-refractivity contribution in [1.29, 1.82) is 0 Å². The second-order valence-electron chi connectivity index (χ2n) is 8.19. The molecular formula is C28H30N2O4. The van der Waals surface area contributed by atoms with E-state index in [1.807, 2.05) is 66.4 Å². The van der Waals surface area contributed by atoms with Crippen molar-refractivity contribution in [2.45, 2.75) is 26.2 Å². The van der Waals surface area contributed by atoms with Gasteiger partial charge in [0, 0.05) is 29.9 Å². The maximum Gasteiger partial charge on any atom is 0.260 e. The van der Waals surface area contributed by atoms with Crippen molar-refractivity contribution in [3.63, 3.8) is 0 Å². The summed E-state index contributed by atoms with van der Waals surface area (Å²) in [4.78, 5) is 27.4. The fourth-order valence-corrected chi connectivity index (χ4v) is 4.07. The molecular weight excluding hydrogens is 428 g/mol. The molecule has 0 radical (unpaired) electrons. The summed E-state index contributed by atoms with van der Waals surface area (Å²) < 4.78 is 11.5. The quantitative estimate of drug-likeness (QED) is 0.491. The smallest absolute Gasteiger partial charge is 0.260 e. The number of carbonyl (C=O) groups excluding carboxylic acids is 2. The number of rotatable bonds is 8. The van der Waals surface area contributed by atoms with E-state index in [4.69, 9.17) is 9.47 Å². The third kappa shape index (κ3) is 5.76. The van der Waals surface area contributed by atoms with Crippen molar-refractivity contribution in [3.05, 3.63) is 78.4 Å². The van der Waals surface area contributed by atoms with Crippen molar-refractivity contribution in [2.24, 2.45) is 0 Å². The molecule has 0 aliphatic carbocycles. The monoisotopic (exact) mass is 458 g/mol. The summed E-state index contributed by atoms with van der Waals surface area (Å²) >= 11 is 0. The molecule has 1 fully saturated rings. The van der Waals surface area contributed by atoms with E-state index in [9.17, 15) is 9.59 Å². The van der Waals surface area contributed by atoms with Crippen LogP contribution in [0.1, 0.15) is 36.5 Å². The SMILES string of the molecule is CCOc1cc(C(=O)Nc2ccccc2-c2ccccc2)ccc1OCC(=O)N1CCCCC1. The van der Waals surface area contributed by atoms with Crippen LogP contribution in [0.4, 0.5) is 5.69 Å². The van der Waals surface area contributed by atoms with Gasteiger partial charge in [-0.05, 0) is 56.0 Å². The molecule has 1 aliphatic heterocycles. The van der Waals surface area contributed by atoms with Crippen molar-refractivity contribution in [1.82, 2.24) is 4.90 Å². The van der Waals surface area contributed by atoms with Crippen molar-refractivity contribution >= 4 is 17.5 Å². The van der Waals surface area contributed by atoms with Crippen LogP contribution in [-0.2, 0) is 4.79 Å². The molecule has 0 atom stereocenters. The summed E-state index contributed by atoms with van der Waals surface area (Å²) in [7, 11) is 0. The second kappa shape index (κ2) is 11.4. The highest BCUT2D eigenvalue weighted by Gasteiger charge is 2.19. The molecule has 176 valence electrons. The van der Waals surface area contributed by atoms with Gasteiger partial charge in [0.25, 0.3) is 11.8 Å². The third-order valence-corrected chi connectivity index (χ3v) is 5.83. The zero-order chi connectivity index (χ0) is 23.8. The first-order valence-corrected chi connectivity index (χ1v) is 11.8. The second-order valence-corrected chi connectivity index (χ2v) is 8.19. The Morgan fingerprint density at radius 2 is 1.59 bits per heavy atom. The number of hydrogen-bond acceptors (Lipinski definition) is 4. The summed E-state index contributed by atoms with van der Waals surface area (Å²) in [6, 6.07) is 22.6. The molecule has 6 nitrogen and oxygen atoms in total. The van der Waals surface area contributed by atoms with Crippen LogP contribution in [0.5, 0.6) is 11.5 Å². The fourth-order valence-electron chi connectivity index (χ4n) is 4.07. The van der Waals surface area contributed by atoms with E-state index in [2.05, 4.69) is 5.32 Å². The largest absolute Gasteiger partial charge is 0.490 e. The molecule has 6 heteroatoms. The molecule has 0 spiro atoms. The van der Waals surface area contributed by atoms with Gasteiger partial charge in [-0.3, -0.25) is 9.59 Å². The molecule has 0 unspecified atom stereocenters. The summed E-state index contributed by atoms with van der Waals surface area (Å²) in [6.07, 6.45) is 3.23. The van der Waals surface area contributed by atoms with Gasteiger partial charge in [0.15, 0.2) is 18.1 Å². The van der Waals surface area contributed by atoms with Crippen LogP contribution in [0, 0.1) is 0 Å². The summed E-state index contributed by atoms with van der Waals surface area (Å²) in [5, 5.41) is 3.01. The van der Waals surface area contributed by atoms with E-state index in [1.54, 1.807) is 18.2 Å². The molecule has 1 heterocycles. The van der Waals surface area contributed by atoms with E-state index in [0.717, 1.165) is 42.7 Å².